The largest absolute Gasteiger partial charge is 0.497 e. The van der Waals surface area contributed by atoms with Crippen LogP contribution in [0, 0.1) is 5.41 Å². The Morgan fingerprint density at radius 1 is 1.30 bits per heavy atom. The molecule has 1 saturated carbocycles. The molecule has 0 heterocycles. The molecule has 0 bridgehead atoms. The molecule has 0 saturated heterocycles. The summed E-state index contributed by atoms with van der Waals surface area (Å²) in [6, 6.07) is 7.36. The summed E-state index contributed by atoms with van der Waals surface area (Å²) in [6.45, 7) is 4.21. The lowest BCUT2D eigenvalue weighted by Gasteiger charge is -2.16. The normalized spacial score (nSPS) is 26.7. The maximum Gasteiger partial charge on any atom is 0.154 e. The van der Waals surface area contributed by atoms with E-state index in [1.54, 1.807) is 14.0 Å². The van der Waals surface area contributed by atoms with Crippen molar-refractivity contribution < 1.29 is 17.9 Å². The molecule has 0 amide bonds. The maximum absolute atomic E-state index is 12.6. The molecule has 0 unspecified atom stereocenters. The van der Waals surface area contributed by atoms with Gasteiger partial charge in [-0.15, -0.1) is 0 Å². The fourth-order valence-corrected chi connectivity index (χ4v) is 5.67. The lowest BCUT2D eigenvalue weighted by atomic mass is 10.00. The van der Waals surface area contributed by atoms with Gasteiger partial charge in [-0.1, -0.05) is 31.3 Å². The van der Waals surface area contributed by atoms with Crippen molar-refractivity contribution in [2.24, 2.45) is 11.1 Å². The molecule has 2 rings (SSSR count). The van der Waals surface area contributed by atoms with Gasteiger partial charge >= 0.3 is 0 Å². The molecule has 0 spiro atoms. The number of hydrogen-bond donors (Lipinski definition) is 1. The molecule has 1 aliphatic rings. The zero-order valence-corrected chi connectivity index (χ0v) is 15.2. The van der Waals surface area contributed by atoms with Gasteiger partial charge in [-0.2, -0.15) is 0 Å². The SMILES string of the molecule is CCOC[C@@]1(C(N)=S)[C@@H](c2ccc(OC)cc2)[C@@H]1S(=O)(=O)CC. The highest BCUT2D eigenvalue weighted by molar-refractivity contribution is 7.92. The van der Waals surface area contributed by atoms with E-state index in [9.17, 15) is 8.42 Å². The summed E-state index contributed by atoms with van der Waals surface area (Å²) in [5, 5.41) is -0.627. The third-order valence-electron chi connectivity index (χ3n) is 4.52. The van der Waals surface area contributed by atoms with Crippen molar-refractivity contribution in [2.45, 2.75) is 25.0 Å². The topological polar surface area (TPSA) is 78.6 Å². The summed E-state index contributed by atoms with van der Waals surface area (Å²) in [5.74, 6) is 0.498. The molecule has 0 aliphatic heterocycles. The van der Waals surface area contributed by atoms with Crippen LogP contribution in [0.4, 0.5) is 0 Å². The molecule has 1 aromatic rings. The van der Waals surface area contributed by atoms with E-state index in [4.69, 9.17) is 27.4 Å². The van der Waals surface area contributed by atoms with Gasteiger partial charge in [0.15, 0.2) is 9.84 Å². The second-order valence-electron chi connectivity index (χ2n) is 5.66. The van der Waals surface area contributed by atoms with Crippen LogP contribution in [-0.4, -0.2) is 44.7 Å². The van der Waals surface area contributed by atoms with Crippen LogP contribution in [0.1, 0.15) is 25.3 Å². The number of benzene rings is 1. The zero-order valence-electron chi connectivity index (χ0n) is 13.6. The Morgan fingerprint density at radius 2 is 1.91 bits per heavy atom. The second-order valence-corrected chi connectivity index (χ2v) is 8.52. The molecule has 23 heavy (non-hydrogen) atoms. The van der Waals surface area contributed by atoms with Gasteiger partial charge in [0.1, 0.15) is 5.75 Å². The average molecular weight is 357 g/mol. The molecule has 1 aliphatic carbocycles. The molecule has 2 N–H and O–H groups in total. The van der Waals surface area contributed by atoms with Crippen molar-refractivity contribution in [2.75, 3.05) is 26.1 Å². The number of sulfone groups is 1. The van der Waals surface area contributed by atoms with Crippen molar-refractivity contribution in [1.29, 1.82) is 0 Å². The molecule has 5 nitrogen and oxygen atoms in total. The van der Waals surface area contributed by atoms with Crippen LogP contribution < -0.4 is 10.5 Å². The molecular weight excluding hydrogens is 334 g/mol. The quantitative estimate of drug-likeness (QED) is 0.716. The van der Waals surface area contributed by atoms with Crippen LogP contribution in [0.25, 0.3) is 0 Å². The number of rotatable bonds is 8. The Kier molecular flexibility index (Phi) is 5.33. The van der Waals surface area contributed by atoms with Crippen molar-refractivity contribution in [3.8, 4) is 5.75 Å². The van der Waals surface area contributed by atoms with Crippen molar-refractivity contribution in [3.63, 3.8) is 0 Å². The van der Waals surface area contributed by atoms with Gasteiger partial charge in [-0.25, -0.2) is 8.42 Å². The third kappa shape index (κ3) is 3.09. The Balaban J connectivity index is 2.46. The van der Waals surface area contributed by atoms with Crippen LogP contribution in [0.2, 0.25) is 0 Å². The Bertz CT molecular complexity index is 672. The first kappa shape index (κ1) is 18.2. The first-order chi connectivity index (χ1) is 10.8. The van der Waals surface area contributed by atoms with Gasteiger partial charge in [0.25, 0.3) is 0 Å². The van der Waals surface area contributed by atoms with Gasteiger partial charge in [0.05, 0.1) is 29.4 Å². The number of nitrogens with two attached hydrogens (primary N) is 1. The number of ether oxygens (including phenoxy) is 2. The number of thiocarbonyl (C=S) groups is 1. The summed E-state index contributed by atoms with van der Waals surface area (Å²) in [6.07, 6.45) is 0. The zero-order chi connectivity index (χ0) is 17.3. The lowest BCUT2D eigenvalue weighted by Crippen LogP contribution is -2.34. The Hall–Kier alpha value is -1.18. The molecule has 0 aromatic heterocycles. The van der Waals surface area contributed by atoms with E-state index < -0.39 is 20.5 Å². The average Bonchev–Trinajstić information content (AvgIpc) is 3.24. The van der Waals surface area contributed by atoms with E-state index in [-0.39, 0.29) is 23.3 Å². The molecule has 7 heteroatoms. The van der Waals surface area contributed by atoms with Crippen LogP contribution in [0.15, 0.2) is 24.3 Å². The molecule has 3 atom stereocenters. The van der Waals surface area contributed by atoms with Crippen molar-refractivity contribution >= 4 is 27.0 Å². The predicted octanol–water partition coefficient (Wildman–Crippen LogP) is 1.90. The minimum Gasteiger partial charge on any atom is -0.497 e. The Labute approximate surface area is 143 Å². The van der Waals surface area contributed by atoms with Gasteiger partial charge < -0.3 is 15.2 Å². The monoisotopic (exact) mass is 357 g/mol. The number of methoxy groups -OCH3 is 1. The van der Waals surface area contributed by atoms with Crippen LogP contribution in [-0.2, 0) is 14.6 Å². The summed E-state index contributed by atoms with van der Waals surface area (Å²) < 4.78 is 35.8. The van der Waals surface area contributed by atoms with Crippen molar-refractivity contribution in [1.82, 2.24) is 0 Å². The maximum atomic E-state index is 12.6. The Morgan fingerprint density at radius 3 is 2.35 bits per heavy atom. The molecule has 1 aromatic carbocycles. The van der Waals surface area contributed by atoms with E-state index >= 15 is 0 Å². The van der Waals surface area contributed by atoms with Gasteiger partial charge in [-0.05, 0) is 24.6 Å². The van der Waals surface area contributed by atoms with Crippen LogP contribution >= 0.6 is 12.2 Å². The minimum atomic E-state index is -3.30. The van der Waals surface area contributed by atoms with E-state index in [0.29, 0.717) is 6.61 Å². The highest BCUT2D eigenvalue weighted by Crippen LogP contribution is 2.63. The summed E-state index contributed by atoms with van der Waals surface area (Å²) >= 11 is 5.24. The molecule has 1 fully saturated rings. The van der Waals surface area contributed by atoms with E-state index in [1.165, 1.54) is 0 Å². The van der Waals surface area contributed by atoms with Gasteiger partial charge in [-0.3, -0.25) is 0 Å². The molecule has 128 valence electrons. The first-order valence-corrected chi connectivity index (χ1v) is 9.70. The predicted molar refractivity (Wildman–Crippen MR) is 94.7 cm³/mol. The standard InChI is InChI=1S/C16H23NO4S2/c1-4-21-10-16(15(17)22)13(14(16)23(18,19)5-2)11-6-8-12(20-3)9-7-11/h6-9,13-14H,4-5,10H2,1-3H3,(H2,17,22)/t13-,14-,16+/m0/s1. The second kappa shape index (κ2) is 6.75. The van der Waals surface area contributed by atoms with Crippen molar-refractivity contribution in [3.05, 3.63) is 29.8 Å². The fourth-order valence-electron chi connectivity index (χ4n) is 3.20. The lowest BCUT2D eigenvalue weighted by molar-refractivity contribution is 0.121. The smallest absolute Gasteiger partial charge is 0.154 e. The van der Waals surface area contributed by atoms with Gasteiger partial charge in [0, 0.05) is 18.3 Å². The molecular formula is C16H23NO4S2. The van der Waals surface area contributed by atoms with Crippen LogP contribution in [0.5, 0.6) is 5.75 Å². The summed E-state index contributed by atoms with van der Waals surface area (Å²) in [4.78, 5) is 0.203. The third-order valence-corrected chi connectivity index (χ3v) is 7.18. The van der Waals surface area contributed by atoms with E-state index in [1.807, 2.05) is 31.2 Å². The highest BCUT2D eigenvalue weighted by Gasteiger charge is 2.72. The fraction of sp³-hybridized carbons (Fsp3) is 0.562. The van der Waals surface area contributed by atoms with Gasteiger partial charge in [0.2, 0.25) is 0 Å². The minimum absolute atomic E-state index is 0.0564. The first-order valence-electron chi connectivity index (χ1n) is 7.58. The summed E-state index contributed by atoms with van der Waals surface area (Å²) in [5.41, 5.74) is 6.03. The summed E-state index contributed by atoms with van der Waals surface area (Å²) in [7, 11) is -1.71. The highest BCUT2D eigenvalue weighted by atomic mass is 32.2. The molecule has 0 radical (unpaired) electrons. The van der Waals surface area contributed by atoms with E-state index in [2.05, 4.69) is 0 Å². The van der Waals surface area contributed by atoms with Crippen LogP contribution in [0.3, 0.4) is 0 Å². The number of hydrogen-bond acceptors (Lipinski definition) is 5. The van der Waals surface area contributed by atoms with E-state index in [0.717, 1.165) is 11.3 Å².